The van der Waals surface area contributed by atoms with Gasteiger partial charge in [0.1, 0.15) is 5.75 Å². The van der Waals surface area contributed by atoms with Crippen LogP contribution in [0.25, 0.3) is 0 Å². The standard InChI is InChI=1S/C15H22N2O2/c1-10-4-5-14(19-3)13(8-10)15(18)17-7-6-12(9-17)11(2)16/h4-5,8,11-12H,6-7,9,16H2,1-3H3. The molecule has 0 bridgehead atoms. The van der Waals surface area contributed by atoms with Crippen LogP contribution in [0.4, 0.5) is 0 Å². The molecule has 2 rings (SSSR count). The van der Waals surface area contributed by atoms with Crippen molar-refractivity contribution in [3.63, 3.8) is 0 Å². The molecule has 1 heterocycles. The number of nitrogens with zero attached hydrogens (tertiary/aromatic N) is 1. The first-order valence-electron chi connectivity index (χ1n) is 6.72. The third kappa shape index (κ3) is 2.89. The predicted molar refractivity (Wildman–Crippen MR) is 75.4 cm³/mol. The number of nitrogens with two attached hydrogens (primary N) is 1. The van der Waals surface area contributed by atoms with E-state index in [9.17, 15) is 4.79 Å². The Hall–Kier alpha value is -1.55. The molecule has 4 nitrogen and oxygen atoms in total. The number of ether oxygens (including phenoxy) is 1. The van der Waals surface area contributed by atoms with Crippen LogP contribution in [0.15, 0.2) is 18.2 Å². The van der Waals surface area contributed by atoms with Gasteiger partial charge in [0, 0.05) is 19.1 Å². The Morgan fingerprint density at radius 3 is 2.84 bits per heavy atom. The fourth-order valence-corrected chi connectivity index (χ4v) is 2.56. The van der Waals surface area contributed by atoms with Crippen molar-refractivity contribution in [1.82, 2.24) is 4.90 Å². The topological polar surface area (TPSA) is 55.6 Å². The second-order valence-corrected chi connectivity index (χ2v) is 5.36. The maximum absolute atomic E-state index is 12.6. The number of carbonyl (C=O) groups excluding carboxylic acids is 1. The molecule has 0 radical (unpaired) electrons. The van der Waals surface area contributed by atoms with Crippen LogP contribution in [0.1, 0.15) is 29.3 Å². The molecule has 0 spiro atoms. The second kappa shape index (κ2) is 5.61. The van der Waals surface area contributed by atoms with E-state index in [4.69, 9.17) is 10.5 Å². The summed E-state index contributed by atoms with van der Waals surface area (Å²) in [6.45, 7) is 5.51. The normalized spacial score (nSPS) is 20.4. The molecular formula is C15H22N2O2. The summed E-state index contributed by atoms with van der Waals surface area (Å²) < 4.78 is 5.28. The summed E-state index contributed by atoms with van der Waals surface area (Å²) in [5, 5.41) is 0. The zero-order chi connectivity index (χ0) is 14.0. The van der Waals surface area contributed by atoms with E-state index in [2.05, 4.69) is 0 Å². The van der Waals surface area contributed by atoms with Crippen molar-refractivity contribution < 1.29 is 9.53 Å². The van der Waals surface area contributed by atoms with Crippen molar-refractivity contribution in [3.8, 4) is 5.75 Å². The monoisotopic (exact) mass is 262 g/mol. The summed E-state index contributed by atoms with van der Waals surface area (Å²) in [5.74, 6) is 1.09. The Morgan fingerprint density at radius 1 is 1.53 bits per heavy atom. The quantitative estimate of drug-likeness (QED) is 0.904. The second-order valence-electron chi connectivity index (χ2n) is 5.36. The van der Waals surface area contributed by atoms with E-state index >= 15 is 0 Å². The average molecular weight is 262 g/mol. The smallest absolute Gasteiger partial charge is 0.257 e. The molecule has 2 unspecified atom stereocenters. The minimum Gasteiger partial charge on any atom is -0.496 e. The minimum atomic E-state index is 0.0451. The Labute approximate surface area is 114 Å². The van der Waals surface area contributed by atoms with Crippen LogP contribution >= 0.6 is 0 Å². The van der Waals surface area contributed by atoms with Gasteiger partial charge in [-0.1, -0.05) is 11.6 Å². The molecule has 1 aromatic carbocycles. The number of hydrogen-bond acceptors (Lipinski definition) is 3. The highest BCUT2D eigenvalue weighted by Gasteiger charge is 2.30. The van der Waals surface area contributed by atoms with Gasteiger partial charge in [0.05, 0.1) is 12.7 Å². The van der Waals surface area contributed by atoms with E-state index in [1.807, 2.05) is 36.9 Å². The van der Waals surface area contributed by atoms with Gasteiger partial charge in [0.15, 0.2) is 0 Å². The van der Waals surface area contributed by atoms with Crippen molar-refractivity contribution in [2.24, 2.45) is 11.7 Å². The van der Waals surface area contributed by atoms with Crippen LogP contribution < -0.4 is 10.5 Å². The molecule has 104 valence electrons. The van der Waals surface area contributed by atoms with E-state index in [1.54, 1.807) is 7.11 Å². The Morgan fingerprint density at radius 2 is 2.26 bits per heavy atom. The summed E-state index contributed by atoms with van der Waals surface area (Å²) in [6.07, 6.45) is 0.984. The van der Waals surface area contributed by atoms with Crippen molar-refractivity contribution >= 4 is 5.91 Å². The lowest BCUT2D eigenvalue weighted by Crippen LogP contribution is -2.33. The minimum absolute atomic E-state index is 0.0451. The molecule has 1 aliphatic heterocycles. The largest absolute Gasteiger partial charge is 0.496 e. The van der Waals surface area contributed by atoms with Gasteiger partial charge in [-0.25, -0.2) is 0 Å². The van der Waals surface area contributed by atoms with Gasteiger partial charge < -0.3 is 15.4 Å². The first-order valence-corrected chi connectivity index (χ1v) is 6.72. The van der Waals surface area contributed by atoms with Gasteiger partial charge >= 0.3 is 0 Å². The van der Waals surface area contributed by atoms with Crippen molar-refractivity contribution in [2.75, 3.05) is 20.2 Å². The van der Waals surface area contributed by atoms with Crippen LogP contribution in [0, 0.1) is 12.8 Å². The molecule has 2 N–H and O–H groups in total. The van der Waals surface area contributed by atoms with Gasteiger partial charge in [-0.2, -0.15) is 0 Å². The van der Waals surface area contributed by atoms with Crippen LogP contribution in [0.3, 0.4) is 0 Å². The van der Waals surface area contributed by atoms with E-state index in [0.29, 0.717) is 17.2 Å². The van der Waals surface area contributed by atoms with Crippen LogP contribution in [0.2, 0.25) is 0 Å². The van der Waals surface area contributed by atoms with E-state index in [-0.39, 0.29) is 11.9 Å². The third-order valence-electron chi connectivity index (χ3n) is 3.84. The van der Waals surface area contributed by atoms with Gasteiger partial charge in [0.25, 0.3) is 5.91 Å². The molecule has 1 saturated heterocycles. The van der Waals surface area contributed by atoms with Crippen molar-refractivity contribution in [1.29, 1.82) is 0 Å². The molecule has 2 atom stereocenters. The molecule has 0 aromatic heterocycles. The molecule has 1 fully saturated rings. The molecule has 19 heavy (non-hydrogen) atoms. The summed E-state index contributed by atoms with van der Waals surface area (Å²) in [5.41, 5.74) is 7.62. The number of carbonyl (C=O) groups is 1. The molecule has 1 aromatic rings. The zero-order valence-corrected chi connectivity index (χ0v) is 11.8. The maximum atomic E-state index is 12.6. The van der Waals surface area contributed by atoms with Crippen LogP contribution in [-0.4, -0.2) is 37.0 Å². The highest BCUT2D eigenvalue weighted by atomic mass is 16.5. The number of amides is 1. The number of likely N-dealkylation sites (tertiary alicyclic amines) is 1. The fraction of sp³-hybridized carbons (Fsp3) is 0.533. The molecule has 1 aliphatic rings. The first kappa shape index (κ1) is 13.9. The average Bonchev–Trinajstić information content (AvgIpc) is 2.87. The molecule has 4 heteroatoms. The Kier molecular flexibility index (Phi) is 4.10. The lowest BCUT2D eigenvalue weighted by atomic mass is 10.0. The van der Waals surface area contributed by atoms with Gasteiger partial charge in [-0.15, -0.1) is 0 Å². The van der Waals surface area contributed by atoms with Crippen LogP contribution in [-0.2, 0) is 0 Å². The van der Waals surface area contributed by atoms with E-state index in [1.165, 1.54) is 0 Å². The highest BCUT2D eigenvalue weighted by molar-refractivity contribution is 5.97. The van der Waals surface area contributed by atoms with Gasteiger partial charge in [0.2, 0.25) is 0 Å². The maximum Gasteiger partial charge on any atom is 0.257 e. The van der Waals surface area contributed by atoms with Gasteiger partial charge in [-0.05, 0) is 38.3 Å². The number of hydrogen-bond donors (Lipinski definition) is 1. The molecule has 0 saturated carbocycles. The van der Waals surface area contributed by atoms with Gasteiger partial charge in [-0.3, -0.25) is 4.79 Å². The first-order chi connectivity index (χ1) is 9.02. The SMILES string of the molecule is COc1ccc(C)cc1C(=O)N1CCC(C(C)N)C1. The lowest BCUT2D eigenvalue weighted by Gasteiger charge is -2.19. The Balaban J connectivity index is 2.19. The zero-order valence-electron chi connectivity index (χ0n) is 11.8. The summed E-state index contributed by atoms with van der Waals surface area (Å²) in [6, 6.07) is 5.82. The summed E-state index contributed by atoms with van der Waals surface area (Å²) in [4.78, 5) is 14.4. The predicted octanol–water partition coefficient (Wildman–Crippen LogP) is 1.81. The van der Waals surface area contributed by atoms with E-state index < -0.39 is 0 Å². The number of methoxy groups -OCH3 is 1. The third-order valence-corrected chi connectivity index (χ3v) is 3.84. The fourth-order valence-electron chi connectivity index (χ4n) is 2.56. The van der Waals surface area contributed by atoms with Crippen molar-refractivity contribution in [2.45, 2.75) is 26.3 Å². The number of aryl methyl sites for hydroxylation is 1. The highest BCUT2D eigenvalue weighted by Crippen LogP contribution is 2.25. The summed E-state index contributed by atoms with van der Waals surface area (Å²) in [7, 11) is 1.59. The number of benzene rings is 1. The molecule has 1 amide bonds. The van der Waals surface area contributed by atoms with Crippen LogP contribution in [0.5, 0.6) is 5.75 Å². The number of rotatable bonds is 3. The molecule has 0 aliphatic carbocycles. The lowest BCUT2D eigenvalue weighted by molar-refractivity contribution is 0.0782. The summed E-state index contributed by atoms with van der Waals surface area (Å²) >= 11 is 0. The van der Waals surface area contributed by atoms with Crippen molar-refractivity contribution in [3.05, 3.63) is 29.3 Å². The molecular weight excluding hydrogens is 240 g/mol. The van der Waals surface area contributed by atoms with E-state index in [0.717, 1.165) is 25.1 Å². The Bertz CT molecular complexity index is 471.